The highest BCUT2D eigenvalue weighted by Gasteiger charge is 2.00. The molecule has 3 heteroatoms. The molecule has 1 aromatic heterocycles. The number of nitrogens with one attached hydrogen (secondary N) is 1. The minimum atomic E-state index is -0.362. The first kappa shape index (κ1) is 12.1. The standard InChI is InChI=1S/C12H19FN2/c1-2-3-4-5-8-14-10-11-7-6-9-15-12(11)13/h6-7,9,14H,2-5,8,10H2,1H3. The van der Waals surface area contributed by atoms with Crippen LogP contribution in [0.5, 0.6) is 0 Å². The van der Waals surface area contributed by atoms with Crippen molar-refractivity contribution in [1.29, 1.82) is 0 Å². The van der Waals surface area contributed by atoms with Crippen molar-refractivity contribution >= 4 is 0 Å². The van der Waals surface area contributed by atoms with Crippen molar-refractivity contribution in [2.45, 2.75) is 39.2 Å². The predicted octanol–water partition coefficient (Wildman–Crippen LogP) is 2.89. The molecule has 0 fully saturated rings. The molecule has 0 saturated heterocycles. The summed E-state index contributed by atoms with van der Waals surface area (Å²) >= 11 is 0. The molecule has 0 unspecified atom stereocenters. The number of hydrogen-bond acceptors (Lipinski definition) is 2. The fraction of sp³-hybridized carbons (Fsp3) is 0.583. The molecule has 0 spiro atoms. The van der Waals surface area contributed by atoms with E-state index in [9.17, 15) is 4.39 Å². The van der Waals surface area contributed by atoms with Gasteiger partial charge in [-0.1, -0.05) is 32.3 Å². The zero-order valence-electron chi connectivity index (χ0n) is 9.30. The van der Waals surface area contributed by atoms with Crippen LogP contribution in [0.3, 0.4) is 0 Å². The Balaban J connectivity index is 2.12. The molecule has 0 aliphatic heterocycles. The van der Waals surface area contributed by atoms with Crippen LogP contribution in [-0.4, -0.2) is 11.5 Å². The summed E-state index contributed by atoms with van der Waals surface area (Å²) < 4.78 is 13.1. The molecule has 0 aliphatic carbocycles. The summed E-state index contributed by atoms with van der Waals surface area (Å²) in [5.41, 5.74) is 0.646. The molecule has 0 amide bonds. The van der Waals surface area contributed by atoms with E-state index < -0.39 is 0 Å². The van der Waals surface area contributed by atoms with Gasteiger partial charge in [-0.25, -0.2) is 4.98 Å². The van der Waals surface area contributed by atoms with Crippen LogP contribution in [0, 0.1) is 5.95 Å². The summed E-state index contributed by atoms with van der Waals surface area (Å²) in [5.74, 6) is -0.362. The molecule has 0 saturated carbocycles. The first-order valence-corrected chi connectivity index (χ1v) is 5.64. The van der Waals surface area contributed by atoms with Crippen molar-refractivity contribution in [1.82, 2.24) is 10.3 Å². The maximum Gasteiger partial charge on any atom is 0.217 e. The van der Waals surface area contributed by atoms with E-state index in [-0.39, 0.29) is 5.95 Å². The third-order valence-corrected chi connectivity index (χ3v) is 2.36. The number of nitrogens with zero attached hydrogens (tertiary/aromatic N) is 1. The van der Waals surface area contributed by atoms with E-state index in [1.54, 1.807) is 12.1 Å². The number of rotatable bonds is 7. The lowest BCUT2D eigenvalue weighted by Crippen LogP contribution is -2.15. The highest BCUT2D eigenvalue weighted by atomic mass is 19.1. The van der Waals surface area contributed by atoms with Crippen molar-refractivity contribution < 1.29 is 4.39 Å². The Morgan fingerprint density at radius 1 is 1.33 bits per heavy atom. The van der Waals surface area contributed by atoms with Gasteiger partial charge in [0, 0.05) is 18.3 Å². The van der Waals surface area contributed by atoms with E-state index in [0.717, 1.165) is 13.0 Å². The number of pyridine rings is 1. The summed E-state index contributed by atoms with van der Waals surface area (Å²) in [4.78, 5) is 3.60. The van der Waals surface area contributed by atoms with Gasteiger partial charge in [-0.05, 0) is 19.0 Å². The number of halogens is 1. The van der Waals surface area contributed by atoms with Crippen LogP contribution in [0.1, 0.15) is 38.2 Å². The zero-order valence-corrected chi connectivity index (χ0v) is 9.30. The normalized spacial score (nSPS) is 10.5. The maximum atomic E-state index is 13.1. The van der Waals surface area contributed by atoms with Crippen LogP contribution in [-0.2, 0) is 6.54 Å². The molecule has 1 N–H and O–H groups in total. The Kier molecular flexibility index (Phi) is 5.93. The number of unbranched alkanes of at least 4 members (excludes halogenated alkanes) is 3. The maximum absolute atomic E-state index is 13.1. The second-order valence-corrected chi connectivity index (χ2v) is 3.69. The van der Waals surface area contributed by atoms with Gasteiger partial charge in [0.2, 0.25) is 5.95 Å². The SMILES string of the molecule is CCCCCCNCc1cccnc1F. The van der Waals surface area contributed by atoms with Gasteiger partial charge in [0.15, 0.2) is 0 Å². The van der Waals surface area contributed by atoms with Gasteiger partial charge in [-0.15, -0.1) is 0 Å². The highest BCUT2D eigenvalue weighted by molar-refractivity contribution is 5.10. The average Bonchev–Trinajstić information content (AvgIpc) is 2.25. The zero-order chi connectivity index (χ0) is 10.9. The third-order valence-electron chi connectivity index (χ3n) is 2.36. The fourth-order valence-corrected chi connectivity index (χ4v) is 1.45. The molecule has 2 nitrogen and oxygen atoms in total. The third kappa shape index (κ3) is 4.88. The molecular weight excluding hydrogens is 191 g/mol. The summed E-state index contributed by atoms with van der Waals surface area (Å²) in [6.45, 7) is 3.72. The van der Waals surface area contributed by atoms with Crippen LogP contribution < -0.4 is 5.32 Å². The monoisotopic (exact) mass is 210 g/mol. The molecular formula is C12H19FN2. The van der Waals surface area contributed by atoms with Crippen LogP contribution >= 0.6 is 0 Å². The topological polar surface area (TPSA) is 24.9 Å². The molecule has 0 aromatic carbocycles. The van der Waals surface area contributed by atoms with Crippen LogP contribution in [0.25, 0.3) is 0 Å². The van der Waals surface area contributed by atoms with E-state index in [1.165, 1.54) is 25.5 Å². The van der Waals surface area contributed by atoms with Crippen molar-refractivity contribution in [2.75, 3.05) is 6.54 Å². The Morgan fingerprint density at radius 2 is 2.20 bits per heavy atom. The lowest BCUT2D eigenvalue weighted by atomic mass is 10.2. The lowest BCUT2D eigenvalue weighted by molar-refractivity contribution is 0.542. The predicted molar refractivity (Wildman–Crippen MR) is 60.0 cm³/mol. The first-order valence-electron chi connectivity index (χ1n) is 5.64. The van der Waals surface area contributed by atoms with Gasteiger partial charge in [-0.2, -0.15) is 4.39 Å². The van der Waals surface area contributed by atoms with Gasteiger partial charge in [-0.3, -0.25) is 0 Å². The Hall–Kier alpha value is -0.960. The first-order chi connectivity index (χ1) is 7.34. The van der Waals surface area contributed by atoms with Crippen molar-refractivity contribution in [3.63, 3.8) is 0 Å². The van der Waals surface area contributed by atoms with Crippen LogP contribution in [0.4, 0.5) is 4.39 Å². The van der Waals surface area contributed by atoms with Gasteiger partial charge in [0.25, 0.3) is 0 Å². The molecule has 1 rings (SSSR count). The second-order valence-electron chi connectivity index (χ2n) is 3.69. The van der Waals surface area contributed by atoms with Gasteiger partial charge >= 0.3 is 0 Å². The molecule has 0 aliphatic rings. The minimum absolute atomic E-state index is 0.362. The molecule has 0 atom stereocenters. The second kappa shape index (κ2) is 7.35. The lowest BCUT2D eigenvalue weighted by Gasteiger charge is -2.04. The summed E-state index contributed by atoms with van der Waals surface area (Å²) in [7, 11) is 0. The van der Waals surface area contributed by atoms with Crippen molar-refractivity contribution in [3.05, 3.63) is 29.8 Å². The van der Waals surface area contributed by atoms with Gasteiger partial charge in [0.05, 0.1) is 0 Å². The largest absolute Gasteiger partial charge is 0.313 e. The van der Waals surface area contributed by atoms with Gasteiger partial charge in [0.1, 0.15) is 0 Å². The Bertz CT molecular complexity index is 276. The van der Waals surface area contributed by atoms with Crippen LogP contribution in [0.2, 0.25) is 0 Å². The molecule has 0 bridgehead atoms. The quantitative estimate of drug-likeness (QED) is 0.553. The summed E-state index contributed by atoms with van der Waals surface area (Å²) in [6.07, 6.45) is 6.41. The summed E-state index contributed by atoms with van der Waals surface area (Å²) in [6, 6.07) is 3.53. The number of hydrogen-bond donors (Lipinski definition) is 1. The van der Waals surface area contributed by atoms with E-state index >= 15 is 0 Å². The smallest absolute Gasteiger partial charge is 0.217 e. The molecule has 1 heterocycles. The van der Waals surface area contributed by atoms with Crippen molar-refractivity contribution in [3.8, 4) is 0 Å². The van der Waals surface area contributed by atoms with Crippen LogP contribution in [0.15, 0.2) is 18.3 Å². The van der Waals surface area contributed by atoms with E-state index in [4.69, 9.17) is 0 Å². The van der Waals surface area contributed by atoms with E-state index in [2.05, 4.69) is 17.2 Å². The number of aromatic nitrogens is 1. The van der Waals surface area contributed by atoms with Crippen molar-refractivity contribution in [2.24, 2.45) is 0 Å². The molecule has 84 valence electrons. The van der Waals surface area contributed by atoms with Gasteiger partial charge < -0.3 is 5.32 Å². The highest BCUT2D eigenvalue weighted by Crippen LogP contribution is 2.02. The Morgan fingerprint density at radius 3 is 2.93 bits per heavy atom. The molecule has 1 aromatic rings. The Labute approximate surface area is 90.9 Å². The molecule has 0 radical (unpaired) electrons. The average molecular weight is 210 g/mol. The summed E-state index contributed by atoms with van der Waals surface area (Å²) in [5, 5.41) is 3.22. The fourth-order valence-electron chi connectivity index (χ4n) is 1.45. The minimum Gasteiger partial charge on any atom is -0.313 e. The van der Waals surface area contributed by atoms with E-state index in [0.29, 0.717) is 12.1 Å². The molecule has 15 heavy (non-hydrogen) atoms. The van der Waals surface area contributed by atoms with E-state index in [1.807, 2.05) is 0 Å².